The summed E-state index contributed by atoms with van der Waals surface area (Å²) >= 11 is 0. The summed E-state index contributed by atoms with van der Waals surface area (Å²) in [4.78, 5) is 0. The Labute approximate surface area is 133 Å². The fourth-order valence-electron chi connectivity index (χ4n) is 4.92. The van der Waals surface area contributed by atoms with Gasteiger partial charge in [-0.3, -0.25) is 0 Å². The molecule has 0 aliphatic heterocycles. The Kier molecular flexibility index (Phi) is 7.05. The smallest absolute Gasteiger partial charge is 0.0186 e. The minimum Gasteiger partial charge on any atom is -0.306 e. The second kappa shape index (κ2) is 8.56. The van der Waals surface area contributed by atoms with Crippen molar-refractivity contribution in [1.29, 1.82) is 0 Å². The molecule has 0 amide bonds. The molecule has 0 unspecified atom stereocenters. The maximum Gasteiger partial charge on any atom is 0.0186 e. The summed E-state index contributed by atoms with van der Waals surface area (Å²) in [7, 11) is 0. The van der Waals surface area contributed by atoms with E-state index in [4.69, 9.17) is 0 Å². The van der Waals surface area contributed by atoms with Crippen LogP contribution in [0.25, 0.3) is 0 Å². The van der Waals surface area contributed by atoms with Gasteiger partial charge in [-0.15, -0.1) is 0 Å². The van der Waals surface area contributed by atoms with Crippen LogP contribution in [0.15, 0.2) is 0 Å². The molecule has 2 aliphatic carbocycles. The summed E-state index contributed by atoms with van der Waals surface area (Å²) < 4.78 is 0. The van der Waals surface area contributed by atoms with E-state index in [2.05, 4.69) is 19.2 Å². The molecule has 1 N–H and O–H groups in total. The van der Waals surface area contributed by atoms with Crippen LogP contribution in [0.1, 0.15) is 117 Å². The van der Waals surface area contributed by atoms with E-state index in [9.17, 15) is 0 Å². The molecular weight excluding hydrogens is 254 g/mol. The zero-order valence-corrected chi connectivity index (χ0v) is 14.8. The summed E-state index contributed by atoms with van der Waals surface area (Å²) in [6.07, 6.45) is 22.9. The minimum atomic E-state index is 0.499. The van der Waals surface area contributed by atoms with E-state index in [1.807, 2.05) is 0 Å². The van der Waals surface area contributed by atoms with Crippen molar-refractivity contribution in [3.8, 4) is 0 Å². The molecular formula is C20H39N. The van der Waals surface area contributed by atoms with Crippen molar-refractivity contribution in [2.45, 2.75) is 128 Å². The van der Waals surface area contributed by atoms with Crippen LogP contribution in [-0.2, 0) is 0 Å². The van der Waals surface area contributed by atoms with Gasteiger partial charge in [0.15, 0.2) is 0 Å². The first-order chi connectivity index (χ1) is 10.2. The molecule has 0 heterocycles. The molecule has 0 radical (unpaired) electrons. The van der Waals surface area contributed by atoms with Gasteiger partial charge in [0.05, 0.1) is 0 Å². The third-order valence-electron chi connectivity index (χ3n) is 6.17. The summed E-state index contributed by atoms with van der Waals surface area (Å²) in [5, 5.41) is 4.35. The summed E-state index contributed by atoms with van der Waals surface area (Å²) in [5.74, 6) is 0. The van der Waals surface area contributed by atoms with Gasteiger partial charge in [-0.05, 0) is 38.5 Å². The average Bonchev–Trinajstić information content (AvgIpc) is 2.53. The van der Waals surface area contributed by atoms with Gasteiger partial charge in [0, 0.05) is 11.1 Å². The molecule has 124 valence electrons. The van der Waals surface area contributed by atoms with E-state index in [-0.39, 0.29) is 0 Å². The van der Waals surface area contributed by atoms with Crippen molar-refractivity contribution in [3.05, 3.63) is 0 Å². The molecule has 2 fully saturated rings. The Morgan fingerprint density at radius 3 is 1.33 bits per heavy atom. The highest BCUT2D eigenvalue weighted by Crippen LogP contribution is 2.40. The van der Waals surface area contributed by atoms with Gasteiger partial charge in [-0.25, -0.2) is 0 Å². The molecule has 0 bridgehead atoms. The van der Waals surface area contributed by atoms with Gasteiger partial charge in [-0.1, -0.05) is 78.1 Å². The SMILES string of the molecule is CCCCC1(NC2(CCCC)CCCCC2)CCCCC1. The highest BCUT2D eigenvalue weighted by atomic mass is 15.1. The van der Waals surface area contributed by atoms with Crippen molar-refractivity contribution in [3.63, 3.8) is 0 Å². The van der Waals surface area contributed by atoms with Crippen molar-refractivity contribution >= 4 is 0 Å². The predicted molar refractivity (Wildman–Crippen MR) is 93.8 cm³/mol. The van der Waals surface area contributed by atoms with Gasteiger partial charge in [0.2, 0.25) is 0 Å². The normalized spacial score (nSPS) is 24.9. The number of rotatable bonds is 8. The summed E-state index contributed by atoms with van der Waals surface area (Å²) in [6, 6.07) is 0. The minimum absolute atomic E-state index is 0.499. The van der Waals surface area contributed by atoms with E-state index in [0.717, 1.165) is 0 Å². The third-order valence-corrected chi connectivity index (χ3v) is 6.17. The maximum atomic E-state index is 4.35. The second-order valence-corrected chi connectivity index (χ2v) is 8.01. The van der Waals surface area contributed by atoms with E-state index in [0.29, 0.717) is 11.1 Å². The summed E-state index contributed by atoms with van der Waals surface area (Å²) in [5.41, 5.74) is 0.999. The van der Waals surface area contributed by atoms with Crippen LogP contribution in [-0.4, -0.2) is 11.1 Å². The molecule has 0 aromatic carbocycles. The Balaban J connectivity index is 2.06. The van der Waals surface area contributed by atoms with E-state index < -0.39 is 0 Å². The van der Waals surface area contributed by atoms with Crippen LogP contribution in [0, 0.1) is 0 Å². The molecule has 0 aromatic heterocycles. The molecule has 0 spiro atoms. The molecule has 2 saturated carbocycles. The largest absolute Gasteiger partial charge is 0.306 e. The van der Waals surface area contributed by atoms with Crippen molar-refractivity contribution in [2.24, 2.45) is 0 Å². The average molecular weight is 294 g/mol. The van der Waals surface area contributed by atoms with Crippen LogP contribution in [0.5, 0.6) is 0 Å². The molecule has 1 nitrogen and oxygen atoms in total. The fraction of sp³-hybridized carbons (Fsp3) is 1.00. The van der Waals surface area contributed by atoms with Crippen molar-refractivity contribution in [1.82, 2.24) is 5.32 Å². The first-order valence-corrected chi connectivity index (χ1v) is 10.0. The van der Waals surface area contributed by atoms with Crippen LogP contribution in [0.4, 0.5) is 0 Å². The van der Waals surface area contributed by atoms with Crippen LogP contribution in [0.2, 0.25) is 0 Å². The van der Waals surface area contributed by atoms with Gasteiger partial charge >= 0.3 is 0 Å². The van der Waals surface area contributed by atoms with Crippen LogP contribution < -0.4 is 5.32 Å². The van der Waals surface area contributed by atoms with Gasteiger partial charge in [0.25, 0.3) is 0 Å². The standard InChI is InChI=1S/C20H39N/c1-3-5-13-19(15-9-7-10-16-19)21-20(14-6-4-2)17-11-8-12-18-20/h21H,3-18H2,1-2H3. The Morgan fingerprint density at radius 1 is 0.619 bits per heavy atom. The lowest BCUT2D eigenvalue weighted by Crippen LogP contribution is -2.59. The Bertz CT molecular complexity index is 244. The first kappa shape index (κ1) is 17.3. The predicted octanol–water partition coefficient (Wildman–Crippen LogP) is 6.36. The molecule has 0 atom stereocenters. The lowest BCUT2D eigenvalue weighted by atomic mass is 9.72. The van der Waals surface area contributed by atoms with Crippen LogP contribution >= 0.6 is 0 Å². The Morgan fingerprint density at radius 2 is 1.00 bits per heavy atom. The second-order valence-electron chi connectivity index (χ2n) is 8.01. The van der Waals surface area contributed by atoms with Crippen LogP contribution in [0.3, 0.4) is 0 Å². The number of unbranched alkanes of at least 4 members (excludes halogenated alkanes) is 2. The molecule has 0 saturated heterocycles. The molecule has 21 heavy (non-hydrogen) atoms. The Hall–Kier alpha value is -0.0400. The maximum absolute atomic E-state index is 4.35. The summed E-state index contributed by atoms with van der Waals surface area (Å²) in [6.45, 7) is 4.70. The lowest BCUT2D eigenvalue weighted by Gasteiger charge is -2.49. The monoisotopic (exact) mass is 293 g/mol. The third kappa shape index (κ3) is 4.98. The first-order valence-electron chi connectivity index (χ1n) is 10.0. The fourth-order valence-corrected chi connectivity index (χ4v) is 4.92. The quantitative estimate of drug-likeness (QED) is 0.549. The van der Waals surface area contributed by atoms with Gasteiger partial charge in [-0.2, -0.15) is 0 Å². The highest BCUT2D eigenvalue weighted by Gasteiger charge is 2.40. The molecule has 2 rings (SSSR count). The number of nitrogens with one attached hydrogen (secondary N) is 1. The van der Waals surface area contributed by atoms with Gasteiger partial charge < -0.3 is 5.32 Å². The van der Waals surface area contributed by atoms with Crippen molar-refractivity contribution < 1.29 is 0 Å². The molecule has 0 aromatic rings. The van der Waals surface area contributed by atoms with E-state index in [1.54, 1.807) is 0 Å². The van der Waals surface area contributed by atoms with E-state index in [1.165, 1.54) is 103 Å². The highest BCUT2D eigenvalue weighted by molar-refractivity contribution is 5.01. The molecule has 1 heteroatoms. The lowest BCUT2D eigenvalue weighted by molar-refractivity contribution is 0.102. The zero-order valence-electron chi connectivity index (χ0n) is 14.8. The van der Waals surface area contributed by atoms with Crippen molar-refractivity contribution in [2.75, 3.05) is 0 Å². The van der Waals surface area contributed by atoms with E-state index >= 15 is 0 Å². The molecule has 2 aliphatic rings. The van der Waals surface area contributed by atoms with Gasteiger partial charge in [0.1, 0.15) is 0 Å². The zero-order chi connectivity index (χ0) is 15.0. The topological polar surface area (TPSA) is 12.0 Å². The number of hydrogen-bond acceptors (Lipinski definition) is 1. The number of hydrogen-bond donors (Lipinski definition) is 1.